The number of rotatable bonds is 12. The lowest BCUT2D eigenvalue weighted by Crippen LogP contribution is -2.52. The van der Waals surface area contributed by atoms with Crippen LogP contribution < -0.4 is 19.1 Å². The van der Waals surface area contributed by atoms with Gasteiger partial charge in [0.05, 0.1) is 34.8 Å². The number of carbonyl (C=O) groups is 2. The average Bonchev–Trinajstić information content (AvgIpc) is 3.52. The smallest absolute Gasteiger partial charge is 0.264 e. The summed E-state index contributed by atoms with van der Waals surface area (Å²) in [4.78, 5) is 28.7. The fourth-order valence-corrected chi connectivity index (χ4v) is 6.79. The zero-order chi connectivity index (χ0) is 31.1. The monoisotopic (exact) mass is 647 g/mol. The number of sulfonamides is 1. The standard InChI is InChI=1S/C31H35Cl2N3O6S/c1-21(31(38)34-23-9-7-8-10-23)35(19-22-13-15-26(32)27(33)17-22)30(37)20-36(24-11-5-4-6-12-24)43(39,40)25-14-16-28(41-2)29(18-25)42-3/h4-6,11-18,21,23H,7-10,19-20H2,1-3H3,(H,34,38)/t21-/m1/s1. The Morgan fingerprint density at radius 1 is 0.930 bits per heavy atom. The largest absolute Gasteiger partial charge is 0.493 e. The maximum absolute atomic E-state index is 14.1. The molecule has 0 bridgehead atoms. The number of halogens is 2. The molecule has 1 aliphatic carbocycles. The van der Waals surface area contributed by atoms with Crippen LogP contribution in [-0.2, 0) is 26.2 Å². The summed E-state index contributed by atoms with van der Waals surface area (Å²) in [6.45, 7) is 1.08. The van der Waals surface area contributed by atoms with Crippen molar-refractivity contribution in [1.82, 2.24) is 10.2 Å². The summed E-state index contributed by atoms with van der Waals surface area (Å²) in [5.74, 6) is -0.303. The summed E-state index contributed by atoms with van der Waals surface area (Å²) in [6, 6.07) is 16.6. The van der Waals surface area contributed by atoms with E-state index in [-0.39, 0.29) is 34.8 Å². The number of hydrogen-bond donors (Lipinski definition) is 1. The minimum Gasteiger partial charge on any atom is -0.493 e. The molecule has 0 radical (unpaired) electrons. The number of hydrogen-bond acceptors (Lipinski definition) is 6. The maximum Gasteiger partial charge on any atom is 0.264 e. The third-order valence-corrected chi connectivity index (χ3v) is 9.98. The Morgan fingerprint density at radius 3 is 2.23 bits per heavy atom. The molecule has 0 heterocycles. The molecule has 230 valence electrons. The van der Waals surface area contributed by atoms with Gasteiger partial charge >= 0.3 is 0 Å². The molecule has 1 aliphatic rings. The van der Waals surface area contributed by atoms with Gasteiger partial charge in [-0.25, -0.2) is 8.42 Å². The first kappa shape index (κ1) is 32.4. The van der Waals surface area contributed by atoms with Crippen molar-refractivity contribution >= 4 is 50.7 Å². The average molecular weight is 649 g/mol. The number of para-hydroxylation sites is 1. The minimum absolute atomic E-state index is 0.00795. The third-order valence-electron chi connectivity index (χ3n) is 7.47. The molecule has 9 nitrogen and oxygen atoms in total. The summed E-state index contributed by atoms with van der Waals surface area (Å²) in [5, 5.41) is 3.70. The summed E-state index contributed by atoms with van der Waals surface area (Å²) >= 11 is 12.4. The van der Waals surface area contributed by atoms with E-state index in [2.05, 4.69) is 5.32 Å². The van der Waals surface area contributed by atoms with Gasteiger partial charge in [0.1, 0.15) is 12.6 Å². The van der Waals surface area contributed by atoms with Gasteiger partial charge in [-0.2, -0.15) is 0 Å². The fourth-order valence-electron chi connectivity index (χ4n) is 5.04. The number of nitrogens with zero attached hydrogens (tertiary/aromatic N) is 2. The van der Waals surface area contributed by atoms with Crippen LogP contribution in [0.25, 0.3) is 0 Å². The molecule has 0 aliphatic heterocycles. The zero-order valence-corrected chi connectivity index (χ0v) is 26.6. The summed E-state index contributed by atoms with van der Waals surface area (Å²) in [5.41, 5.74) is 0.917. The number of benzene rings is 3. The molecule has 1 atom stereocenters. The Kier molecular flexibility index (Phi) is 10.8. The molecule has 1 fully saturated rings. The normalized spacial score (nSPS) is 14.2. The van der Waals surface area contributed by atoms with Crippen molar-refractivity contribution in [3.05, 3.63) is 82.3 Å². The van der Waals surface area contributed by atoms with Crippen molar-refractivity contribution in [2.75, 3.05) is 25.1 Å². The van der Waals surface area contributed by atoms with Gasteiger partial charge < -0.3 is 19.7 Å². The molecular formula is C31H35Cl2N3O6S. The molecule has 0 saturated heterocycles. The molecule has 1 saturated carbocycles. The van der Waals surface area contributed by atoms with Crippen LogP contribution in [0.15, 0.2) is 71.6 Å². The number of anilines is 1. The van der Waals surface area contributed by atoms with Crippen LogP contribution in [0.3, 0.4) is 0 Å². The van der Waals surface area contributed by atoms with E-state index < -0.39 is 28.5 Å². The summed E-state index contributed by atoms with van der Waals surface area (Å²) in [7, 11) is -1.42. The van der Waals surface area contributed by atoms with E-state index in [0.717, 1.165) is 30.0 Å². The molecule has 0 aromatic heterocycles. The first-order valence-electron chi connectivity index (χ1n) is 13.9. The van der Waals surface area contributed by atoms with Crippen LogP contribution in [0.4, 0.5) is 5.69 Å². The third kappa shape index (κ3) is 7.74. The van der Waals surface area contributed by atoms with E-state index in [9.17, 15) is 18.0 Å². The number of nitrogens with one attached hydrogen (secondary N) is 1. The number of carbonyl (C=O) groups excluding carboxylic acids is 2. The quantitative estimate of drug-likeness (QED) is 0.271. The summed E-state index contributed by atoms with van der Waals surface area (Å²) < 4.78 is 39.8. The van der Waals surface area contributed by atoms with E-state index in [1.165, 1.54) is 37.3 Å². The molecule has 43 heavy (non-hydrogen) atoms. The molecule has 1 N–H and O–H groups in total. The van der Waals surface area contributed by atoms with Gasteiger partial charge in [-0.05, 0) is 61.7 Å². The van der Waals surface area contributed by atoms with Crippen LogP contribution in [0, 0.1) is 0 Å². The lowest BCUT2D eigenvalue weighted by molar-refractivity contribution is -0.139. The molecule has 3 aromatic carbocycles. The molecule has 0 spiro atoms. The first-order valence-corrected chi connectivity index (χ1v) is 16.1. The van der Waals surface area contributed by atoms with Crippen molar-refractivity contribution in [2.45, 2.75) is 56.1 Å². The van der Waals surface area contributed by atoms with E-state index >= 15 is 0 Å². The van der Waals surface area contributed by atoms with E-state index in [1.807, 2.05) is 0 Å². The van der Waals surface area contributed by atoms with Crippen LogP contribution in [-0.4, -0.2) is 58.0 Å². The van der Waals surface area contributed by atoms with Gasteiger partial charge in [0.2, 0.25) is 11.8 Å². The second-order valence-electron chi connectivity index (χ2n) is 10.3. The minimum atomic E-state index is -4.28. The van der Waals surface area contributed by atoms with Crippen molar-refractivity contribution in [2.24, 2.45) is 0 Å². The predicted octanol–water partition coefficient (Wildman–Crippen LogP) is 5.68. The topological polar surface area (TPSA) is 105 Å². The van der Waals surface area contributed by atoms with Gasteiger partial charge in [-0.1, -0.05) is 60.3 Å². The first-order chi connectivity index (χ1) is 20.5. The van der Waals surface area contributed by atoms with Gasteiger partial charge in [0.25, 0.3) is 10.0 Å². The summed E-state index contributed by atoms with van der Waals surface area (Å²) in [6.07, 6.45) is 3.83. The second kappa shape index (κ2) is 14.3. The second-order valence-corrected chi connectivity index (χ2v) is 13.0. The van der Waals surface area contributed by atoms with Crippen molar-refractivity contribution < 1.29 is 27.5 Å². The zero-order valence-electron chi connectivity index (χ0n) is 24.3. The SMILES string of the molecule is COc1ccc(S(=O)(=O)N(CC(=O)N(Cc2ccc(Cl)c(Cl)c2)[C@H](C)C(=O)NC2CCCC2)c2ccccc2)cc1OC. The Balaban J connectivity index is 1.70. The Morgan fingerprint density at radius 2 is 1.60 bits per heavy atom. The van der Waals surface area contributed by atoms with Gasteiger partial charge in [-0.3, -0.25) is 13.9 Å². The van der Waals surface area contributed by atoms with Crippen molar-refractivity contribution in [3.63, 3.8) is 0 Å². The van der Waals surface area contributed by atoms with Gasteiger partial charge in [0, 0.05) is 18.7 Å². The van der Waals surface area contributed by atoms with Crippen LogP contribution in [0.2, 0.25) is 10.0 Å². The van der Waals surface area contributed by atoms with E-state index in [0.29, 0.717) is 21.4 Å². The highest BCUT2D eigenvalue weighted by atomic mass is 35.5. The molecule has 12 heteroatoms. The Labute approximate surface area is 262 Å². The maximum atomic E-state index is 14.1. The number of amides is 2. The molecule has 4 rings (SSSR count). The molecular weight excluding hydrogens is 613 g/mol. The predicted molar refractivity (Wildman–Crippen MR) is 167 cm³/mol. The van der Waals surface area contributed by atoms with Crippen molar-refractivity contribution in [1.29, 1.82) is 0 Å². The van der Waals surface area contributed by atoms with Gasteiger partial charge in [-0.15, -0.1) is 0 Å². The van der Waals surface area contributed by atoms with E-state index in [1.54, 1.807) is 55.5 Å². The lowest BCUT2D eigenvalue weighted by Gasteiger charge is -2.32. The highest BCUT2D eigenvalue weighted by molar-refractivity contribution is 7.92. The Hall–Kier alpha value is -3.47. The van der Waals surface area contributed by atoms with Crippen LogP contribution >= 0.6 is 23.2 Å². The highest BCUT2D eigenvalue weighted by Crippen LogP contribution is 2.32. The molecule has 3 aromatic rings. The Bertz CT molecular complexity index is 1550. The highest BCUT2D eigenvalue weighted by Gasteiger charge is 2.33. The number of methoxy groups -OCH3 is 2. The lowest BCUT2D eigenvalue weighted by atomic mass is 10.1. The van der Waals surface area contributed by atoms with Gasteiger partial charge in [0.15, 0.2) is 11.5 Å². The molecule has 2 amide bonds. The fraction of sp³-hybridized carbons (Fsp3) is 0.355. The van der Waals surface area contributed by atoms with Crippen LogP contribution in [0.5, 0.6) is 11.5 Å². The van der Waals surface area contributed by atoms with E-state index in [4.69, 9.17) is 32.7 Å². The number of ether oxygens (including phenoxy) is 2. The molecule has 0 unspecified atom stereocenters. The van der Waals surface area contributed by atoms with Crippen LogP contribution in [0.1, 0.15) is 38.2 Å². The van der Waals surface area contributed by atoms with Crippen molar-refractivity contribution in [3.8, 4) is 11.5 Å².